The summed E-state index contributed by atoms with van der Waals surface area (Å²) >= 11 is 0. The van der Waals surface area contributed by atoms with Crippen LogP contribution in [0, 0.1) is 0 Å². The number of hydrogen-bond acceptors (Lipinski definition) is 4. The summed E-state index contributed by atoms with van der Waals surface area (Å²) in [6, 6.07) is 10.5. The topological polar surface area (TPSA) is 60.8 Å². The molecule has 1 aromatic carbocycles. The average molecular weight is 342 g/mol. The van der Waals surface area contributed by atoms with E-state index in [1.54, 1.807) is 32.5 Å². The van der Waals surface area contributed by atoms with Gasteiger partial charge in [-0.1, -0.05) is 6.07 Å². The molecule has 0 radical (unpaired) electrons. The third-order valence-corrected chi connectivity index (χ3v) is 4.58. The zero-order chi connectivity index (χ0) is 17.8. The van der Waals surface area contributed by atoms with E-state index in [1.807, 2.05) is 23.1 Å². The number of aromatic nitrogens is 1. The predicted molar refractivity (Wildman–Crippen MR) is 93.9 cm³/mol. The van der Waals surface area contributed by atoms with Crippen LogP contribution in [0.4, 0.5) is 0 Å². The molecule has 6 heteroatoms. The average Bonchev–Trinajstić information content (AvgIpc) is 3.12. The molecule has 1 saturated heterocycles. The van der Waals surface area contributed by atoms with Gasteiger partial charge in [-0.3, -0.25) is 9.59 Å². The van der Waals surface area contributed by atoms with Crippen LogP contribution in [0.15, 0.2) is 47.4 Å². The maximum Gasteiger partial charge on any atom is 0.250 e. The molecule has 1 aromatic heterocycles. The Bertz CT molecular complexity index is 815. The Labute approximate surface area is 146 Å². The molecule has 0 saturated carbocycles. The number of rotatable bonds is 5. The number of benzene rings is 1. The lowest BCUT2D eigenvalue weighted by Gasteiger charge is -2.27. The van der Waals surface area contributed by atoms with Crippen molar-refractivity contribution in [1.29, 1.82) is 0 Å². The minimum Gasteiger partial charge on any atom is -0.497 e. The lowest BCUT2D eigenvalue weighted by molar-refractivity contribution is -0.132. The largest absolute Gasteiger partial charge is 0.497 e. The van der Waals surface area contributed by atoms with Gasteiger partial charge in [-0.15, -0.1) is 0 Å². The van der Waals surface area contributed by atoms with Crippen molar-refractivity contribution in [2.24, 2.45) is 0 Å². The Kier molecular flexibility index (Phi) is 5.07. The third kappa shape index (κ3) is 3.52. The molecule has 0 spiro atoms. The Balaban J connectivity index is 1.84. The molecule has 0 N–H and O–H groups in total. The van der Waals surface area contributed by atoms with Crippen LogP contribution in [-0.2, 0) is 11.3 Å². The van der Waals surface area contributed by atoms with E-state index in [0.717, 1.165) is 18.4 Å². The van der Waals surface area contributed by atoms with Crippen molar-refractivity contribution in [2.75, 3.05) is 20.8 Å². The molecule has 132 valence electrons. The molecule has 1 fully saturated rings. The normalized spacial score (nSPS) is 16.7. The second kappa shape index (κ2) is 7.42. The summed E-state index contributed by atoms with van der Waals surface area (Å²) in [5, 5.41) is 0. The first-order valence-electron chi connectivity index (χ1n) is 8.31. The fraction of sp³-hybridized carbons (Fsp3) is 0.368. The van der Waals surface area contributed by atoms with Gasteiger partial charge in [0.15, 0.2) is 0 Å². The Morgan fingerprint density at radius 2 is 2.04 bits per heavy atom. The van der Waals surface area contributed by atoms with Crippen molar-refractivity contribution < 1.29 is 14.3 Å². The van der Waals surface area contributed by atoms with Crippen LogP contribution >= 0.6 is 0 Å². The summed E-state index contributed by atoms with van der Waals surface area (Å²) in [6.45, 7) is 0.731. The lowest BCUT2D eigenvalue weighted by Crippen LogP contribution is -2.36. The van der Waals surface area contributed by atoms with Crippen molar-refractivity contribution >= 4 is 5.91 Å². The molecule has 1 aliphatic rings. The first-order chi connectivity index (χ1) is 12.1. The minimum absolute atomic E-state index is 0.0484. The second-order valence-corrected chi connectivity index (χ2v) is 6.02. The number of hydrogen-bond donors (Lipinski definition) is 0. The molecular formula is C19H22N2O4. The van der Waals surface area contributed by atoms with E-state index in [9.17, 15) is 9.59 Å². The first-order valence-corrected chi connectivity index (χ1v) is 8.31. The van der Waals surface area contributed by atoms with Gasteiger partial charge in [0.25, 0.3) is 5.56 Å². The molecule has 25 heavy (non-hydrogen) atoms. The zero-order valence-corrected chi connectivity index (χ0v) is 14.5. The van der Waals surface area contributed by atoms with E-state index in [0.29, 0.717) is 18.0 Å². The van der Waals surface area contributed by atoms with E-state index < -0.39 is 0 Å². The van der Waals surface area contributed by atoms with Gasteiger partial charge in [0.2, 0.25) is 5.91 Å². The first kappa shape index (κ1) is 17.1. The Morgan fingerprint density at radius 1 is 1.20 bits per heavy atom. The minimum atomic E-state index is -0.173. The van der Waals surface area contributed by atoms with Crippen molar-refractivity contribution in [3.8, 4) is 11.5 Å². The summed E-state index contributed by atoms with van der Waals surface area (Å²) in [5.41, 5.74) is 0.795. The molecule has 6 nitrogen and oxygen atoms in total. The summed E-state index contributed by atoms with van der Waals surface area (Å²) in [5.74, 6) is 1.36. The fourth-order valence-corrected chi connectivity index (χ4v) is 3.31. The maximum absolute atomic E-state index is 12.8. The van der Waals surface area contributed by atoms with Gasteiger partial charge >= 0.3 is 0 Å². The van der Waals surface area contributed by atoms with Gasteiger partial charge in [0.1, 0.15) is 18.0 Å². The zero-order valence-electron chi connectivity index (χ0n) is 14.5. The standard InChI is InChI=1S/C19H22N2O4/c1-24-14-8-9-15(17(12-14)25-2)16-6-5-11-21(16)19(23)13-20-10-4-3-7-18(20)22/h3-4,7-10,12,16H,5-6,11,13H2,1-2H3. The number of amides is 1. The van der Waals surface area contributed by atoms with Gasteiger partial charge in [-0.2, -0.15) is 0 Å². The van der Waals surface area contributed by atoms with Crippen LogP contribution in [0.2, 0.25) is 0 Å². The second-order valence-electron chi connectivity index (χ2n) is 6.02. The summed E-state index contributed by atoms with van der Waals surface area (Å²) < 4.78 is 12.2. The SMILES string of the molecule is COc1ccc(C2CCCN2C(=O)Cn2ccccc2=O)c(OC)c1. The Morgan fingerprint density at radius 3 is 2.76 bits per heavy atom. The Hall–Kier alpha value is -2.76. The molecular weight excluding hydrogens is 320 g/mol. The molecule has 0 aliphatic carbocycles. The van der Waals surface area contributed by atoms with Crippen LogP contribution in [-0.4, -0.2) is 36.1 Å². The smallest absolute Gasteiger partial charge is 0.250 e. The van der Waals surface area contributed by atoms with Crippen molar-refractivity contribution in [2.45, 2.75) is 25.4 Å². The number of carbonyl (C=O) groups is 1. The number of likely N-dealkylation sites (tertiary alicyclic amines) is 1. The van der Waals surface area contributed by atoms with Gasteiger partial charge in [-0.25, -0.2) is 0 Å². The summed E-state index contributed by atoms with van der Waals surface area (Å²) in [7, 11) is 3.22. The number of methoxy groups -OCH3 is 2. The highest BCUT2D eigenvalue weighted by Gasteiger charge is 2.32. The molecule has 2 heterocycles. The van der Waals surface area contributed by atoms with Crippen LogP contribution in [0.3, 0.4) is 0 Å². The molecule has 1 atom stereocenters. The van der Waals surface area contributed by atoms with Crippen molar-refractivity contribution in [3.63, 3.8) is 0 Å². The third-order valence-electron chi connectivity index (χ3n) is 4.58. The van der Waals surface area contributed by atoms with Crippen molar-refractivity contribution in [1.82, 2.24) is 9.47 Å². The van der Waals surface area contributed by atoms with E-state index in [2.05, 4.69) is 0 Å². The van der Waals surface area contributed by atoms with Crippen LogP contribution < -0.4 is 15.0 Å². The fourth-order valence-electron chi connectivity index (χ4n) is 3.31. The van der Waals surface area contributed by atoms with E-state index in [4.69, 9.17) is 9.47 Å². The summed E-state index contributed by atoms with van der Waals surface area (Å²) in [4.78, 5) is 26.5. The van der Waals surface area contributed by atoms with Crippen molar-refractivity contribution in [3.05, 3.63) is 58.5 Å². The molecule has 1 aliphatic heterocycles. The lowest BCUT2D eigenvalue weighted by atomic mass is 10.0. The van der Waals surface area contributed by atoms with E-state index in [1.165, 1.54) is 10.6 Å². The van der Waals surface area contributed by atoms with E-state index >= 15 is 0 Å². The van der Waals surface area contributed by atoms with Crippen LogP contribution in [0.5, 0.6) is 11.5 Å². The summed E-state index contributed by atoms with van der Waals surface area (Å²) in [6.07, 6.45) is 3.44. The number of ether oxygens (including phenoxy) is 2. The van der Waals surface area contributed by atoms with Gasteiger partial charge < -0.3 is 18.9 Å². The molecule has 1 amide bonds. The molecule has 2 aromatic rings. The number of nitrogens with zero attached hydrogens (tertiary/aromatic N) is 2. The molecule has 3 rings (SSSR count). The van der Waals surface area contributed by atoms with Gasteiger partial charge in [0.05, 0.1) is 20.3 Å². The maximum atomic E-state index is 12.8. The quantitative estimate of drug-likeness (QED) is 0.836. The number of pyridine rings is 1. The highest BCUT2D eigenvalue weighted by atomic mass is 16.5. The number of carbonyl (C=O) groups excluding carboxylic acids is 1. The molecule has 1 unspecified atom stereocenters. The van der Waals surface area contributed by atoms with Gasteiger partial charge in [-0.05, 0) is 31.0 Å². The van der Waals surface area contributed by atoms with Crippen LogP contribution in [0.25, 0.3) is 0 Å². The monoisotopic (exact) mass is 342 g/mol. The predicted octanol–water partition coefficient (Wildman–Crippen LogP) is 2.23. The van der Waals surface area contributed by atoms with E-state index in [-0.39, 0.29) is 24.1 Å². The molecule has 0 bridgehead atoms. The van der Waals surface area contributed by atoms with Gasteiger partial charge in [0, 0.05) is 30.4 Å². The van der Waals surface area contributed by atoms with Crippen LogP contribution in [0.1, 0.15) is 24.4 Å². The highest BCUT2D eigenvalue weighted by molar-refractivity contribution is 5.77. The highest BCUT2D eigenvalue weighted by Crippen LogP contribution is 2.38.